The van der Waals surface area contributed by atoms with E-state index >= 15 is 0 Å². The summed E-state index contributed by atoms with van der Waals surface area (Å²) < 4.78 is 5.45. The highest BCUT2D eigenvalue weighted by Gasteiger charge is 2.21. The smallest absolute Gasteiger partial charge is 0.241 e. The Kier molecular flexibility index (Phi) is 6.60. The van der Waals surface area contributed by atoms with Gasteiger partial charge in [0.1, 0.15) is 0 Å². The third-order valence-electron chi connectivity index (χ3n) is 5.48. The van der Waals surface area contributed by atoms with Crippen LogP contribution in [0.15, 0.2) is 59.1 Å². The van der Waals surface area contributed by atoms with E-state index in [1.807, 2.05) is 24.3 Å². The first-order chi connectivity index (χ1) is 14.2. The number of halogens is 1. The van der Waals surface area contributed by atoms with E-state index in [1.165, 1.54) is 18.4 Å². The highest BCUT2D eigenvalue weighted by molar-refractivity contribution is 6.30. The van der Waals surface area contributed by atoms with E-state index in [1.54, 1.807) is 0 Å². The number of hydrogen-bond donors (Lipinski definition) is 0. The fourth-order valence-corrected chi connectivity index (χ4v) is 4.16. The quantitative estimate of drug-likeness (QED) is 0.563. The van der Waals surface area contributed by atoms with Crippen molar-refractivity contribution in [3.05, 3.63) is 71.1 Å². The van der Waals surface area contributed by atoms with Crippen LogP contribution in [0.1, 0.15) is 24.3 Å². The SMILES string of the molecule is CN(Cc1nc(-c2cccc(Cl)c2)no1)CC1CCN(Cc2ccccc2)CC1. The molecule has 3 aromatic rings. The fourth-order valence-electron chi connectivity index (χ4n) is 3.97. The van der Waals surface area contributed by atoms with E-state index in [0.717, 1.165) is 31.7 Å². The number of piperidine rings is 1. The van der Waals surface area contributed by atoms with E-state index in [0.29, 0.717) is 29.2 Å². The third-order valence-corrected chi connectivity index (χ3v) is 5.72. The molecule has 2 aromatic carbocycles. The molecule has 6 heteroatoms. The van der Waals surface area contributed by atoms with Gasteiger partial charge in [-0.2, -0.15) is 4.98 Å². The van der Waals surface area contributed by atoms with Crippen LogP contribution in [-0.2, 0) is 13.1 Å². The van der Waals surface area contributed by atoms with Gasteiger partial charge in [0.15, 0.2) is 0 Å². The van der Waals surface area contributed by atoms with Crippen molar-refractivity contribution in [3.63, 3.8) is 0 Å². The summed E-state index contributed by atoms with van der Waals surface area (Å²) in [5.74, 6) is 1.94. The summed E-state index contributed by atoms with van der Waals surface area (Å²) in [7, 11) is 2.12. The van der Waals surface area contributed by atoms with Crippen molar-refractivity contribution >= 4 is 11.6 Å². The monoisotopic (exact) mass is 410 g/mol. The van der Waals surface area contributed by atoms with Gasteiger partial charge in [0.05, 0.1) is 6.54 Å². The van der Waals surface area contributed by atoms with Crippen molar-refractivity contribution < 1.29 is 4.52 Å². The minimum atomic E-state index is 0.588. The summed E-state index contributed by atoms with van der Waals surface area (Å²) in [5.41, 5.74) is 2.27. The van der Waals surface area contributed by atoms with Gasteiger partial charge in [-0.25, -0.2) is 0 Å². The molecule has 5 nitrogen and oxygen atoms in total. The predicted molar refractivity (Wildman–Crippen MR) is 116 cm³/mol. The molecule has 1 fully saturated rings. The van der Waals surface area contributed by atoms with Crippen LogP contribution in [0.25, 0.3) is 11.4 Å². The number of benzene rings is 2. The summed E-state index contributed by atoms with van der Waals surface area (Å²) in [6.45, 7) is 5.09. The summed E-state index contributed by atoms with van der Waals surface area (Å²) in [5, 5.41) is 4.77. The van der Waals surface area contributed by atoms with Crippen molar-refractivity contribution in [3.8, 4) is 11.4 Å². The molecule has 1 aromatic heterocycles. The minimum absolute atomic E-state index is 0.588. The number of nitrogens with zero attached hydrogens (tertiary/aromatic N) is 4. The van der Waals surface area contributed by atoms with Crippen molar-refractivity contribution in [1.29, 1.82) is 0 Å². The molecule has 0 N–H and O–H groups in total. The molecule has 2 heterocycles. The lowest BCUT2D eigenvalue weighted by molar-refractivity contribution is 0.142. The van der Waals surface area contributed by atoms with Gasteiger partial charge in [0.2, 0.25) is 11.7 Å². The highest BCUT2D eigenvalue weighted by Crippen LogP contribution is 2.22. The van der Waals surface area contributed by atoms with Gasteiger partial charge in [-0.05, 0) is 56.6 Å². The van der Waals surface area contributed by atoms with Crippen LogP contribution in [0.4, 0.5) is 0 Å². The fraction of sp³-hybridized carbons (Fsp3) is 0.391. The Balaban J connectivity index is 1.24. The molecular weight excluding hydrogens is 384 g/mol. The molecule has 0 aliphatic carbocycles. The Labute approximate surface area is 177 Å². The predicted octanol–water partition coefficient (Wildman–Crippen LogP) is 4.73. The molecule has 0 radical (unpaired) electrons. The third kappa shape index (κ3) is 5.66. The first-order valence-electron chi connectivity index (χ1n) is 10.2. The zero-order valence-electron chi connectivity index (χ0n) is 16.8. The molecule has 29 heavy (non-hydrogen) atoms. The number of hydrogen-bond acceptors (Lipinski definition) is 5. The average Bonchev–Trinajstić information content (AvgIpc) is 3.19. The molecule has 1 aliphatic rings. The summed E-state index contributed by atoms with van der Waals surface area (Å²) in [6.07, 6.45) is 2.46. The van der Waals surface area contributed by atoms with Crippen LogP contribution in [0.5, 0.6) is 0 Å². The summed E-state index contributed by atoms with van der Waals surface area (Å²) in [4.78, 5) is 9.37. The van der Waals surface area contributed by atoms with E-state index in [2.05, 4.69) is 57.3 Å². The molecule has 4 rings (SSSR count). The second kappa shape index (κ2) is 9.53. The lowest BCUT2D eigenvalue weighted by Gasteiger charge is -2.33. The molecule has 152 valence electrons. The van der Waals surface area contributed by atoms with Gasteiger partial charge >= 0.3 is 0 Å². The molecule has 0 amide bonds. The van der Waals surface area contributed by atoms with E-state index in [4.69, 9.17) is 16.1 Å². The standard InChI is InChI=1S/C23H27ClN4O/c1-27(17-22-25-23(26-29-22)20-8-5-9-21(24)14-20)15-19-10-12-28(13-11-19)16-18-6-3-2-4-7-18/h2-9,14,19H,10-13,15-17H2,1H3. The maximum absolute atomic E-state index is 6.05. The minimum Gasteiger partial charge on any atom is -0.338 e. The van der Waals surface area contributed by atoms with E-state index < -0.39 is 0 Å². The Morgan fingerprint density at radius 1 is 1.10 bits per heavy atom. The average molecular weight is 411 g/mol. The van der Waals surface area contributed by atoms with Gasteiger partial charge in [-0.3, -0.25) is 9.80 Å². The van der Waals surface area contributed by atoms with Gasteiger partial charge in [-0.15, -0.1) is 0 Å². The first kappa shape index (κ1) is 20.1. The summed E-state index contributed by atoms with van der Waals surface area (Å²) >= 11 is 6.05. The van der Waals surface area contributed by atoms with Crippen molar-refractivity contribution in [1.82, 2.24) is 19.9 Å². The topological polar surface area (TPSA) is 45.4 Å². The van der Waals surface area contributed by atoms with E-state index in [9.17, 15) is 0 Å². The molecular formula is C23H27ClN4O. The van der Waals surface area contributed by atoms with Crippen LogP contribution in [0, 0.1) is 5.92 Å². The molecule has 0 atom stereocenters. The maximum Gasteiger partial charge on any atom is 0.241 e. The lowest BCUT2D eigenvalue weighted by Crippen LogP contribution is -2.37. The number of aromatic nitrogens is 2. The Bertz CT molecular complexity index is 906. The molecule has 0 spiro atoms. The van der Waals surface area contributed by atoms with Gasteiger partial charge in [0.25, 0.3) is 0 Å². The van der Waals surface area contributed by atoms with Gasteiger partial charge < -0.3 is 4.52 Å². The van der Waals surface area contributed by atoms with Gasteiger partial charge in [0, 0.05) is 23.7 Å². The number of likely N-dealkylation sites (tertiary alicyclic amines) is 1. The maximum atomic E-state index is 6.05. The molecule has 1 saturated heterocycles. The van der Waals surface area contributed by atoms with Crippen molar-refractivity contribution in [2.45, 2.75) is 25.9 Å². The van der Waals surface area contributed by atoms with Crippen LogP contribution in [0.2, 0.25) is 5.02 Å². The van der Waals surface area contributed by atoms with Crippen molar-refractivity contribution in [2.75, 3.05) is 26.7 Å². The highest BCUT2D eigenvalue weighted by atomic mass is 35.5. The molecule has 0 unspecified atom stereocenters. The second-order valence-corrected chi connectivity index (χ2v) is 8.36. The molecule has 0 bridgehead atoms. The Hall–Kier alpha value is -2.21. The van der Waals surface area contributed by atoms with Gasteiger partial charge in [-0.1, -0.05) is 59.2 Å². The van der Waals surface area contributed by atoms with Crippen LogP contribution >= 0.6 is 11.6 Å². The van der Waals surface area contributed by atoms with E-state index in [-0.39, 0.29) is 0 Å². The first-order valence-corrected chi connectivity index (χ1v) is 10.6. The number of rotatable bonds is 7. The summed E-state index contributed by atoms with van der Waals surface area (Å²) in [6, 6.07) is 18.3. The van der Waals surface area contributed by atoms with Crippen LogP contribution < -0.4 is 0 Å². The zero-order chi connectivity index (χ0) is 20.1. The molecule has 1 aliphatic heterocycles. The Morgan fingerprint density at radius 3 is 2.66 bits per heavy atom. The van der Waals surface area contributed by atoms with Crippen LogP contribution in [-0.4, -0.2) is 46.6 Å². The zero-order valence-corrected chi connectivity index (χ0v) is 17.6. The van der Waals surface area contributed by atoms with Crippen molar-refractivity contribution in [2.24, 2.45) is 5.92 Å². The Morgan fingerprint density at radius 2 is 1.90 bits per heavy atom. The largest absolute Gasteiger partial charge is 0.338 e. The normalized spacial score (nSPS) is 15.8. The van der Waals surface area contributed by atoms with Crippen LogP contribution in [0.3, 0.4) is 0 Å². The second-order valence-electron chi connectivity index (χ2n) is 7.92. The molecule has 0 saturated carbocycles. The lowest BCUT2D eigenvalue weighted by atomic mass is 9.96.